The molecule has 1 aromatic carbocycles. The number of halogens is 1. The zero-order valence-electron chi connectivity index (χ0n) is 11.3. The normalized spacial score (nSPS) is 12.6. The summed E-state index contributed by atoms with van der Waals surface area (Å²) in [5.41, 5.74) is 1.27. The van der Waals surface area contributed by atoms with Crippen molar-refractivity contribution >= 4 is 11.6 Å². The summed E-state index contributed by atoms with van der Waals surface area (Å²) in [7, 11) is 1.96. The van der Waals surface area contributed by atoms with Crippen LogP contribution in [0, 0.1) is 0 Å². The minimum atomic E-state index is 0.352. The monoisotopic (exact) mass is 278 g/mol. The molecule has 0 saturated carbocycles. The second-order valence-electron chi connectivity index (χ2n) is 4.57. The van der Waals surface area contributed by atoms with Crippen molar-refractivity contribution < 1.29 is 0 Å². The third kappa shape index (κ3) is 3.78. The van der Waals surface area contributed by atoms with E-state index < -0.39 is 0 Å². The van der Waals surface area contributed by atoms with Gasteiger partial charge in [-0.05, 0) is 24.1 Å². The second-order valence-corrected chi connectivity index (χ2v) is 5.01. The van der Waals surface area contributed by atoms with Gasteiger partial charge in [-0.2, -0.15) is 0 Å². The summed E-state index contributed by atoms with van der Waals surface area (Å²) in [4.78, 5) is 0. The van der Waals surface area contributed by atoms with E-state index in [1.54, 1.807) is 6.33 Å². The van der Waals surface area contributed by atoms with Crippen molar-refractivity contribution in [2.24, 2.45) is 7.05 Å². The lowest BCUT2D eigenvalue weighted by Crippen LogP contribution is -2.24. The van der Waals surface area contributed by atoms with Crippen LogP contribution >= 0.6 is 11.6 Å². The first kappa shape index (κ1) is 14.0. The Morgan fingerprint density at radius 3 is 2.63 bits per heavy atom. The SMILES string of the molecule is CCC(NCCc1nncn1C)c1ccc(Cl)cc1. The molecule has 5 heteroatoms. The smallest absolute Gasteiger partial charge is 0.133 e. The van der Waals surface area contributed by atoms with Gasteiger partial charge < -0.3 is 9.88 Å². The topological polar surface area (TPSA) is 42.7 Å². The fourth-order valence-corrected chi connectivity index (χ4v) is 2.21. The van der Waals surface area contributed by atoms with Gasteiger partial charge in [-0.1, -0.05) is 30.7 Å². The third-order valence-corrected chi connectivity index (χ3v) is 3.48. The highest BCUT2D eigenvalue weighted by molar-refractivity contribution is 6.30. The summed E-state index contributed by atoms with van der Waals surface area (Å²) in [5.74, 6) is 0.999. The zero-order chi connectivity index (χ0) is 13.7. The number of benzene rings is 1. The Labute approximate surface area is 118 Å². The van der Waals surface area contributed by atoms with Gasteiger partial charge in [0, 0.05) is 31.1 Å². The van der Waals surface area contributed by atoms with Crippen LogP contribution in [0.15, 0.2) is 30.6 Å². The fourth-order valence-electron chi connectivity index (χ4n) is 2.08. The van der Waals surface area contributed by atoms with Gasteiger partial charge in [0.25, 0.3) is 0 Å². The molecular formula is C14H19ClN4. The van der Waals surface area contributed by atoms with Crippen LogP contribution in [0.2, 0.25) is 5.02 Å². The Bertz CT molecular complexity index is 506. The maximum Gasteiger partial charge on any atom is 0.133 e. The van der Waals surface area contributed by atoms with E-state index >= 15 is 0 Å². The van der Waals surface area contributed by atoms with Crippen molar-refractivity contribution in [2.45, 2.75) is 25.8 Å². The largest absolute Gasteiger partial charge is 0.321 e. The molecule has 2 aromatic rings. The molecule has 1 aromatic heterocycles. The first-order chi connectivity index (χ1) is 9.20. The maximum absolute atomic E-state index is 5.91. The lowest BCUT2D eigenvalue weighted by Gasteiger charge is -2.17. The van der Waals surface area contributed by atoms with Crippen molar-refractivity contribution in [1.29, 1.82) is 0 Å². The van der Waals surface area contributed by atoms with Crippen molar-refractivity contribution in [3.05, 3.63) is 47.0 Å². The van der Waals surface area contributed by atoms with Gasteiger partial charge >= 0.3 is 0 Å². The summed E-state index contributed by atoms with van der Waals surface area (Å²) in [6, 6.07) is 8.37. The summed E-state index contributed by atoms with van der Waals surface area (Å²) in [5, 5.41) is 12.3. The predicted octanol–water partition coefficient (Wildman–Crippen LogP) is 2.75. The molecule has 0 aliphatic carbocycles. The molecule has 1 heterocycles. The number of aryl methyl sites for hydroxylation is 1. The van der Waals surface area contributed by atoms with Crippen LogP contribution in [0.4, 0.5) is 0 Å². The molecule has 19 heavy (non-hydrogen) atoms. The Hall–Kier alpha value is -1.39. The third-order valence-electron chi connectivity index (χ3n) is 3.23. The number of rotatable bonds is 6. The molecule has 4 nitrogen and oxygen atoms in total. The van der Waals surface area contributed by atoms with Gasteiger partial charge in [-0.3, -0.25) is 0 Å². The molecule has 0 fully saturated rings. The van der Waals surface area contributed by atoms with Gasteiger partial charge in [-0.25, -0.2) is 0 Å². The summed E-state index contributed by atoms with van der Waals surface area (Å²) in [6.45, 7) is 3.06. The summed E-state index contributed by atoms with van der Waals surface area (Å²) >= 11 is 5.91. The molecule has 102 valence electrons. The average Bonchev–Trinajstić information content (AvgIpc) is 2.82. The van der Waals surface area contributed by atoms with Crippen molar-refractivity contribution in [2.75, 3.05) is 6.54 Å². The molecule has 0 spiro atoms. The zero-order valence-corrected chi connectivity index (χ0v) is 12.1. The van der Waals surface area contributed by atoms with Gasteiger partial charge in [0.05, 0.1) is 0 Å². The summed E-state index contributed by atoms with van der Waals surface area (Å²) in [6.07, 6.45) is 3.65. The molecule has 0 aliphatic heterocycles. The van der Waals surface area contributed by atoms with Crippen LogP contribution in [-0.4, -0.2) is 21.3 Å². The van der Waals surface area contributed by atoms with Gasteiger partial charge in [0.15, 0.2) is 0 Å². The van der Waals surface area contributed by atoms with E-state index in [0.717, 1.165) is 30.2 Å². The fraction of sp³-hybridized carbons (Fsp3) is 0.429. The molecule has 1 unspecified atom stereocenters. The van der Waals surface area contributed by atoms with Crippen LogP contribution in [-0.2, 0) is 13.5 Å². The highest BCUT2D eigenvalue weighted by Gasteiger charge is 2.09. The predicted molar refractivity (Wildman–Crippen MR) is 77.2 cm³/mol. The standard InChI is InChI=1S/C14H19ClN4/c1-3-13(11-4-6-12(15)7-5-11)16-9-8-14-18-17-10-19(14)2/h4-7,10,13,16H,3,8-9H2,1-2H3. The van der Waals surface area contributed by atoms with E-state index in [9.17, 15) is 0 Å². The first-order valence-electron chi connectivity index (χ1n) is 6.52. The Balaban J connectivity index is 1.89. The van der Waals surface area contributed by atoms with Gasteiger partial charge in [0.2, 0.25) is 0 Å². The molecule has 0 saturated heterocycles. The minimum absolute atomic E-state index is 0.352. The lowest BCUT2D eigenvalue weighted by molar-refractivity contribution is 0.515. The van der Waals surface area contributed by atoms with E-state index in [2.05, 4.69) is 34.6 Å². The first-order valence-corrected chi connectivity index (χ1v) is 6.90. The van der Waals surface area contributed by atoms with Gasteiger partial charge in [-0.15, -0.1) is 10.2 Å². The Morgan fingerprint density at radius 2 is 2.05 bits per heavy atom. The molecule has 1 atom stereocenters. The number of nitrogens with zero attached hydrogens (tertiary/aromatic N) is 3. The minimum Gasteiger partial charge on any atom is -0.321 e. The van der Waals surface area contributed by atoms with E-state index in [1.807, 2.05) is 23.7 Å². The van der Waals surface area contributed by atoms with Crippen molar-refractivity contribution in [1.82, 2.24) is 20.1 Å². The van der Waals surface area contributed by atoms with E-state index in [0.29, 0.717) is 6.04 Å². The summed E-state index contributed by atoms with van der Waals surface area (Å²) < 4.78 is 1.95. The highest BCUT2D eigenvalue weighted by atomic mass is 35.5. The van der Waals surface area contributed by atoms with Crippen LogP contribution in [0.5, 0.6) is 0 Å². The quantitative estimate of drug-likeness (QED) is 0.883. The van der Waals surface area contributed by atoms with Crippen LogP contribution in [0.1, 0.15) is 30.8 Å². The molecule has 1 N–H and O–H groups in total. The number of hydrogen-bond donors (Lipinski definition) is 1. The molecule has 0 bridgehead atoms. The van der Waals surface area contributed by atoms with Crippen LogP contribution in [0.25, 0.3) is 0 Å². The van der Waals surface area contributed by atoms with E-state index in [1.165, 1.54) is 5.56 Å². The van der Waals surface area contributed by atoms with E-state index in [4.69, 9.17) is 11.6 Å². The van der Waals surface area contributed by atoms with Crippen molar-refractivity contribution in [3.8, 4) is 0 Å². The molecule has 2 rings (SSSR count). The van der Waals surface area contributed by atoms with Gasteiger partial charge in [0.1, 0.15) is 12.2 Å². The maximum atomic E-state index is 5.91. The lowest BCUT2D eigenvalue weighted by atomic mass is 10.0. The molecule has 0 radical (unpaired) electrons. The molecule has 0 amide bonds. The van der Waals surface area contributed by atoms with Crippen LogP contribution < -0.4 is 5.32 Å². The van der Waals surface area contributed by atoms with Crippen LogP contribution in [0.3, 0.4) is 0 Å². The molecule has 0 aliphatic rings. The number of aromatic nitrogens is 3. The van der Waals surface area contributed by atoms with Crippen molar-refractivity contribution in [3.63, 3.8) is 0 Å². The number of hydrogen-bond acceptors (Lipinski definition) is 3. The highest BCUT2D eigenvalue weighted by Crippen LogP contribution is 2.18. The average molecular weight is 279 g/mol. The Kier molecular flexibility index (Phi) is 4.93. The molecular weight excluding hydrogens is 260 g/mol. The van der Waals surface area contributed by atoms with E-state index in [-0.39, 0.29) is 0 Å². The number of nitrogens with one attached hydrogen (secondary N) is 1. The second kappa shape index (κ2) is 6.68. The Morgan fingerprint density at radius 1 is 1.32 bits per heavy atom.